The van der Waals surface area contributed by atoms with E-state index in [2.05, 4.69) is 15.3 Å². The SMILES string of the molecule is Cc1cnc(CNC2CCCC2CN)cn1. The highest BCUT2D eigenvalue weighted by molar-refractivity contribution is 5.00. The van der Waals surface area contributed by atoms with Crippen LogP contribution in [0.2, 0.25) is 0 Å². The fourth-order valence-electron chi connectivity index (χ4n) is 2.33. The normalized spacial score (nSPS) is 24.9. The van der Waals surface area contributed by atoms with E-state index < -0.39 is 0 Å². The average Bonchev–Trinajstić information content (AvgIpc) is 2.76. The zero-order valence-corrected chi connectivity index (χ0v) is 9.82. The molecule has 1 aromatic heterocycles. The molecule has 3 N–H and O–H groups in total. The van der Waals surface area contributed by atoms with Gasteiger partial charge in [-0.1, -0.05) is 6.42 Å². The maximum absolute atomic E-state index is 5.75. The Morgan fingerprint density at radius 1 is 1.38 bits per heavy atom. The van der Waals surface area contributed by atoms with Crippen molar-refractivity contribution in [1.82, 2.24) is 15.3 Å². The quantitative estimate of drug-likeness (QED) is 0.794. The number of nitrogens with zero attached hydrogens (tertiary/aromatic N) is 2. The highest BCUT2D eigenvalue weighted by Gasteiger charge is 2.25. The van der Waals surface area contributed by atoms with Crippen LogP contribution in [0.25, 0.3) is 0 Å². The minimum atomic E-state index is 0.563. The molecule has 1 aromatic rings. The lowest BCUT2D eigenvalue weighted by Gasteiger charge is -2.19. The molecule has 1 heterocycles. The van der Waals surface area contributed by atoms with E-state index in [-0.39, 0.29) is 0 Å². The van der Waals surface area contributed by atoms with E-state index in [0.717, 1.165) is 24.5 Å². The summed E-state index contributed by atoms with van der Waals surface area (Å²) in [7, 11) is 0. The van der Waals surface area contributed by atoms with Gasteiger partial charge in [0, 0.05) is 25.0 Å². The van der Waals surface area contributed by atoms with Gasteiger partial charge in [0.1, 0.15) is 0 Å². The van der Waals surface area contributed by atoms with Crippen molar-refractivity contribution < 1.29 is 0 Å². The van der Waals surface area contributed by atoms with Gasteiger partial charge in [0.15, 0.2) is 0 Å². The topological polar surface area (TPSA) is 63.8 Å². The zero-order chi connectivity index (χ0) is 11.4. The summed E-state index contributed by atoms with van der Waals surface area (Å²) in [6, 6.07) is 0.563. The number of nitrogens with one attached hydrogen (secondary N) is 1. The van der Waals surface area contributed by atoms with E-state index in [0.29, 0.717) is 12.0 Å². The number of rotatable bonds is 4. The van der Waals surface area contributed by atoms with Crippen LogP contribution in [0.4, 0.5) is 0 Å². The first-order valence-corrected chi connectivity index (χ1v) is 6.00. The van der Waals surface area contributed by atoms with Crippen molar-refractivity contribution in [2.24, 2.45) is 11.7 Å². The third-order valence-electron chi connectivity index (χ3n) is 3.34. The molecule has 0 radical (unpaired) electrons. The zero-order valence-electron chi connectivity index (χ0n) is 9.82. The third-order valence-corrected chi connectivity index (χ3v) is 3.34. The maximum atomic E-state index is 5.75. The number of hydrogen-bond acceptors (Lipinski definition) is 4. The van der Waals surface area contributed by atoms with Crippen molar-refractivity contribution >= 4 is 0 Å². The van der Waals surface area contributed by atoms with Crippen LogP contribution in [-0.4, -0.2) is 22.6 Å². The highest BCUT2D eigenvalue weighted by atomic mass is 15.0. The van der Waals surface area contributed by atoms with Crippen LogP contribution in [0.3, 0.4) is 0 Å². The van der Waals surface area contributed by atoms with Crippen LogP contribution in [0.15, 0.2) is 12.4 Å². The van der Waals surface area contributed by atoms with E-state index in [1.54, 1.807) is 0 Å². The fourth-order valence-corrected chi connectivity index (χ4v) is 2.33. The molecule has 4 heteroatoms. The molecular weight excluding hydrogens is 200 g/mol. The van der Waals surface area contributed by atoms with Gasteiger partial charge in [-0.15, -0.1) is 0 Å². The summed E-state index contributed by atoms with van der Waals surface area (Å²) in [4.78, 5) is 8.57. The third kappa shape index (κ3) is 2.77. The molecule has 4 nitrogen and oxygen atoms in total. The second kappa shape index (κ2) is 5.37. The van der Waals surface area contributed by atoms with Crippen molar-refractivity contribution in [3.63, 3.8) is 0 Å². The molecule has 88 valence electrons. The van der Waals surface area contributed by atoms with Gasteiger partial charge in [-0.3, -0.25) is 9.97 Å². The standard InChI is InChI=1S/C12H20N4/c1-9-6-15-11(7-14-9)8-16-12-4-2-3-10(12)5-13/h6-7,10,12,16H,2-5,8,13H2,1H3. The summed E-state index contributed by atoms with van der Waals surface area (Å²) in [5.41, 5.74) is 7.72. The number of hydrogen-bond donors (Lipinski definition) is 2. The lowest BCUT2D eigenvalue weighted by molar-refractivity contribution is 0.404. The molecule has 2 unspecified atom stereocenters. The molecule has 0 saturated heterocycles. The molecule has 2 rings (SSSR count). The number of aromatic nitrogens is 2. The van der Waals surface area contributed by atoms with Crippen LogP contribution in [0, 0.1) is 12.8 Å². The molecule has 16 heavy (non-hydrogen) atoms. The molecule has 0 bridgehead atoms. The molecule has 0 aliphatic heterocycles. The Balaban J connectivity index is 1.85. The lowest BCUT2D eigenvalue weighted by Crippen LogP contribution is -2.35. The largest absolute Gasteiger partial charge is 0.330 e. The predicted molar refractivity (Wildman–Crippen MR) is 63.8 cm³/mol. The van der Waals surface area contributed by atoms with Gasteiger partial charge in [0.25, 0.3) is 0 Å². The monoisotopic (exact) mass is 220 g/mol. The van der Waals surface area contributed by atoms with Gasteiger partial charge in [-0.2, -0.15) is 0 Å². The Hall–Kier alpha value is -1.00. The molecule has 1 aliphatic carbocycles. The van der Waals surface area contributed by atoms with Crippen molar-refractivity contribution in [3.8, 4) is 0 Å². The fraction of sp³-hybridized carbons (Fsp3) is 0.667. The van der Waals surface area contributed by atoms with Crippen LogP contribution in [-0.2, 0) is 6.54 Å². The average molecular weight is 220 g/mol. The minimum Gasteiger partial charge on any atom is -0.330 e. The Kier molecular flexibility index (Phi) is 3.85. The first-order chi connectivity index (χ1) is 7.79. The molecule has 1 aliphatic rings. The van der Waals surface area contributed by atoms with Gasteiger partial charge in [0.05, 0.1) is 11.4 Å². The summed E-state index contributed by atoms with van der Waals surface area (Å²) in [6.45, 7) is 3.54. The number of aryl methyl sites for hydroxylation is 1. The molecule has 0 amide bonds. The van der Waals surface area contributed by atoms with Crippen LogP contribution < -0.4 is 11.1 Å². The second-order valence-electron chi connectivity index (χ2n) is 4.56. The molecule has 2 atom stereocenters. The van der Waals surface area contributed by atoms with Gasteiger partial charge >= 0.3 is 0 Å². The van der Waals surface area contributed by atoms with E-state index in [4.69, 9.17) is 5.73 Å². The summed E-state index contributed by atoms with van der Waals surface area (Å²) >= 11 is 0. The van der Waals surface area contributed by atoms with Crippen LogP contribution in [0.1, 0.15) is 30.7 Å². The van der Waals surface area contributed by atoms with Gasteiger partial charge in [-0.25, -0.2) is 0 Å². The molecular formula is C12H20N4. The van der Waals surface area contributed by atoms with Crippen molar-refractivity contribution in [1.29, 1.82) is 0 Å². The molecule has 0 aromatic carbocycles. The van der Waals surface area contributed by atoms with Crippen LogP contribution in [0.5, 0.6) is 0 Å². The summed E-state index contributed by atoms with van der Waals surface area (Å²) in [5.74, 6) is 0.637. The molecule has 0 spiro atoms. The predicted octanol–water partition coefficient (Wildman–Crippen LogP) is 1.00. The van der Waals surface area contributed by atoms with Crippen LogP contribution >= 0.6 is 0 Å². The van der Waals surface area contributed by atoms with E-state index in [1.807, 2.05) is 19.3 Å². The van der Waals surface area contributed by atoms with E-state index in [9.17, 15) is 0 Å². The highest BCUT2D eigenvalue weighted by Crippen LogP contribution is 2.24. The first kappa shape index (κ1) is 11.5. The Bertz CT molecular complexity index is 322. The van der Waals surface area contributed by atoms with Crippen molar-refractivity contribution in [2.75, 3.05) is 6.54 Å². The van der Waals surface area contributed by atoms with Crippen molar-refractivity contribution in [3.05, 3.63) is 23.8 Å². The summed E-state index contributed by atoms with van der Waals surface area (Å²) in [6.07, 6.45) is 7.44. The summed E-state index contributed by atoms with van der Waals surface area (Å²) < 4.78 is 0. The van der Waals surface area contributed by atoms with Gasteiger partial charge < -0.3 is 11.1 Å². The first-order valence-electron chi connectivity index (χ1n) is 6.00. The second-order valence-corrected chi connectivity index (χ2v) is 4.56. The smallest absolute Gasteiger partial charge is 0.0724 e. The Morgan fingerprint density at radius 2 is 2.25 bits per heavy atom. The Labute approximate surface area is 96.7 Å². The summed E-state index contributed by atoms with van der Waals surface area (Å²) in [5, 5.41) is 3.54. The van der Waals surface area contributed by atoms with Gasteiger partial charge in [-0.05, 0) is 32.2 Å². The Morgan fingerprint density at radius 3 is 2.94 bits per heavy atom. The molecule has 1 fully saturated rings. The van der Waals surface area contributed by atoms with E-state index in [1.165, 1.54) is 19.3 Å². The minimum absolute atomic E-state index is 0.563. The molecule has 1 saturated carbocycles. The van der Waals surface area contributed by atoms with E-state index >= 15 is 0 Å². The maximum Gasteiger partial charge on any atom is 0.0724 e. The lowest BCUT2D eigenvalue weighted by atomic mass is 10.0. The number of nitrogens with two attached hydrogens (primary N) is 1. The van der Waals surface area contributed by atoms with Crippen molar-refractivity contribution in [2.45, 2.75) is 38.8 Å². The van der Waals surface area contributed by atoms with Gasteiger partial charge in [0.2, 0.25) is 0 Å².